The van der Waals surface area contributed by atoms with E-state index in [2.05, 4.69) is 63.4 Å². The molecule has 2 atom stereocenters. The van der Waals surface area contributed by atoms with Gasteiger partial charge in [0, 0.05) is 17.9 Å². The Kier molecular flexibility index (Phi) is 7.61. The van der Waals surface area contributed by atoms with Gasteiger partial charge in [-0.25, -0.2) is 0 Å². The van der Waals surface area contributed by atoms with Gasteiger partial charge in [-0.15, -0.1) is 6.58 Å². The van der Waals surface area contributed by atoms with Crippen molar-refractivity contribution in [2.45, 2.75) is 91.5 Å². The molecule has 0 saturated carbocycles. The number of benzene rings is 1. The summed E-state index contributed by atoms with van der Waals surface area (Å²) in [7, 11) is 0. The minimum Gasteiger partial charge on any atom is -0.299 e. The van der Waals surface area contributed by atoms with Gasteiger partial charge < -0.3 is 0 Å². The van der Waals surface area contributed by atoms with E-state index in [-0.39, 0.29) is 10.8 Å². The molecule has 0 amide bonds. The van der Waals surface area contributed by atoms with Crippen LogP contribution >= 0.6 is 0 Å². The van der Waals surface area contributed by atoms with E-state index in [0.29, 0.717) is 24.2 Å². The van der Waals surface area contributed by atoms with Crippen molar-refractivity contribution in [1.29, 1.82) is 0 Å². The van der Waals surface area contributed by atoms with Crippen molar-refractivity contribution in [2.24, 2.45) is 16.7 Å². The average Bonchev–Trinajstić information content (AvgIpc) is 2.93. The molecule has 0 spiro atoms. The molecule has 2 aliphatic rings. The Hall–Kier alpha value is -1.41. The number of nitrogens with zero attached hydrogens (tertiary/aromatic N) is 1. The first-order chi connectivity index (χ1) is 14.2. The van der Waals surface area contributed by atoms with Crippen LogP contribution in [-0.2, 0) is 11.2 Å². The molecular formula is C28H43NO. The van der Waals surface area contributed by atoms with Crippen LogP contribution in [-0.4, -0.2) is 23.8 Å². The van der Waals surface area contributed by atoms with Gasteiger partial charge in [0.2, 0.25) is 0 Å². The minimum atomic E-state index is -0.213. The molecule has 0 radical (unpaired) electrons. The highest BCUT2D eigenvalue weighted by molar-refractivity contribution is 5.85. The van der Waals surface area contributed by atoms with Crippen molar-refractivity contribution in [3.8, 4) is 0 Å². The Bertz CT molecular complexity index is 722. The van der Waals surface area contributed by atoms with Crippen molar-refractivity contribution < 1.29 is 4.79 Å². The zero-order chi connectivity index (χ0) is 21.8. The quantitative estimate of drug-likeness (QED) is 0.352. The maximum Gasteiger partial charge on any atom is 0.139 e. The third kappa shape index (κ3) is 5.44. The Balaban J connectivity index is 1.72. The van der Waals surface area contributed by atoms with Crippen LogP contribution in [0.5, 0.6) is 0 Å². The molecule has 1 aromatic carbocycles. The van der Waals surface area contributed by atoms with Crippen LogP contribution in [0, 0.1) is 16.7 Å². The number of ketones is 1. The second-order valence-corrected chi connectivity index (χ2v) is 11.2. The van der Waals surface area contributed by atoms with Gasteiger partial charge in [-0.2, -0.15) is 0 Å². The van der Waals surface area contributed by atoms with Crippen molar-refractivity contribution >= 4 is 5.78 Å². The van der Waals surface area contributed by atoms with Crippen LogP contribution in [0.1, 0.15) is 96.2 Å². The van der Waals surface area contributed by atoms with Crippen LogP contribution in [0.3, 0.4) is 0 Å². The molecule has 0 N–H and O–H groups in total. The average molecular weight is 410 g/mol. The van der Waals surface area contributed by atoms with E-state index < -0.39 is 0 Å². The van der Waals surface area contributed by atoms with Gasteiger partial charge in [0.05, 0.1) is 0 Å². The standard InChI is InChI=1S/C28H43NO/c1-6-7-18-28(5,26(30)21-27(2,3)4)23-16-19-29(20-17-23)25-15-11-9-13-22-12-8-10-14-24(22)25/h6,8,10,12,14,23,25H,1,7,9,11,13,15-21H2,2-5H3. The highest BCUT2D eigenvalue weighted by Gasteiger charge is 2.43. The predicted molar refractivity (Wildman–Crippen MR) is 128 cm³/mol. The fraction of sp³-hybridized carbons (Fsp3) is 0.679. The predicted octanol–water partition coefficient (Wildman–Crippen LogP) is 7.14. The van der Waals surface area contributed by atoms with Gasteiger partial charge >= 0.3 is 0 Å². The lowest BCUT2D eigenvalue weighted by atomic mass is 9.64. The number of hydrogen-bond acceptors (Lipinski definition) is 2. The molecule has 1 fully saturated rings. The van der Waals surface area contributed by atoms with Crippen LogP contribution in [0.25, 0.3) is 0 Å². The number of allylic oxidation sites excluding steroid dienone is 1. The second kappa shape index (κ2) is 9.81. The van der Waals surface area contributed by atoms with Gasteiger partial charge in [-0.3, -0.25) is 9.69 Å². The summed E-state index contributed by atoms with van der Waals surface area (Å²) in [6.45, 7) is 15.0. The highest BCUT2D eigenvalue weighted by Crippen LogP contribution is 2.44. The molecule has 1 aromatic rings. The molecule has 166 valence electrons. The lowest BCUT2D eigenvalue weighted by Gasteiger charge is -2.45. The van der Waals surface area contributed by atoms with Gasteiger partial charge in [0.15, 0.2) is 0 Å². The number of piperidine rings is 1. The topological polar surface area (TPSA) is 20.3 Å². The summed E-state index contributed by atoms with van der Waals surface area (Å²) in [5.41, 5.74) is 2.96. The van der Waals surface area contributed by atoms with Crippen LogP contribution < -0.4 is 0 Å². The van der Waals surface area contributed by atoms with E-state index in [4.69, 9.17) is 0 Å². The molecule has 2 unspecified atom stereocenters. The highest BCUT2D eigenvalue weighted by atomic mass is 16.1. The first-order valence-corrected chi connectivity index (χ1v) is 12.2. The molecule has 0 aromatic heterocycles. The lowest BCUT2D eigenvalue weighted by Crippen LogP contribution is -2.45. The third-order valence-corrected chi connectivity index (χ3v) is 7.65. The summed E-state index contributed by atoms with van der Waals surface area (Å²) in [6.07, 6.45) is 12.0. The minimum absolute atomic E-state index is 0.0529. The third-order valence-electron chi connectivity index (χ3n) is 7.65. The summed E-state index contributed by atoms with van der Waals surface area (Å²) < 4.78 is 0. The molecule has 30 heavy (non-hydrogen) atoms. The molecule has 2 heteroatoms. The fourth-order valence-corrected chi connectivity index (χ4v) is 5.78. The molecule has 1 aliphatic carbocycles. The van der Waals surface area contributed by atoms with E-state index >= 15 is 0 Å². The number of likely N-dealkylation sites (tertiary alicyclic amines) is 1. The zero-order valence-corrected chi connectivity index (χ0v) is 19.9. The Morgan fingerprint density at radius 2 is 1.80 bits per heavy atom. The number of Topliss-reactive ketones (excluding diaryl/α,β-unsaturated/α-hetero) is 1. The normalized spacial score (nSPS) is 23.3. The van der Waals surface area contributed by atoms with Crippen molar-refractivity contribution in [3.05, 3.63) is 48.0 Å². The van der Waals surface area contributed by atoms with Crippen molar-refractivity contribution in [2.75, 3.05) is 13.1 Å². The van der Waals surface area contributed by atoms with Gasteiger partial charge in [-0.05, 0) is 80.5 Å². The van der Waals surface area contributed by atoms with E-state index in [0.717, 1.165) is 38.8 Å². The number of hydrogen-bond donors (Lipinski definition) is 0. The van der Waals surface area contributed by atoms with Gasteiger partial charge in [0.25, 0.3) is 0 Å². The molecule has 2 nitrogen and oxygen atoms in total. The SMILES string of the molecule is C=CCCC(C)(C(=O)CC(C)(C)C)C1CCN(C2CCCCc3ccccc32)CC1. The summed E-state index contributed by atoms with van der Waals surface area (Å²) in [5, 5.41) is 0. The number of carbonyl (C=O) groups excluding carboxylic acids is 1. The maximum atomic E-state index is 13.4. The van der Waals surface area contributed by atoms with E-state index in [1.54, 1.807) is 11.1 Å². The van der Waals surface area contributed by atoms with E-state index in [1.165, 1.54) is 25.7 Å². The number of aryl methyl sites for hydroxylation is 1. The fourth-order valence-electron chi connectivity index (χ4n) is 5.78. The zero-order valence-electron chi connectivity index (χ0n) is 19.9. The molecule has 0 bridgehead atoms. The molecule has 1 saturated heterocycles. The Morgan fingerprint density at radius 1 is 1.10 bits per heavy atom. The van der Waals surface area contributed by atoms with Crippen LogP contribution in [0.2, 0.25) is 0 Å². The molecule has 1 heterocycles. The van der Waals surface area contributed by atoms with Crippen molar-refractivity contribution in [3.63, 3.8) is 0 Å². The first kappa shape index (κ1) is 23.3. The summed E-state index contributed by atoms with van der Waals surface area (Å²) >= 11 is 0. The smallest absolute Gasteiger partial charge is 0.139 e. The van der Waals surface area contributed by atoms with Gasteiger partial charge in [0.1, 0.15) is 5.78 Å². The van der Waals surface area contributed by atoms with Crippen LogP contribution in [0.4, 0.5) is 0 Å². The van der Waals surface area contributed by atoms with Crippen molar-refractivity contribution in [1.82, 2.24) is 4.90 Å². The largest absolute Gasteiger partial charge is 0.299 e. The molecule has 3 rings (SSSR count). The van der Waals surface area contributed by atoms with E-state index in [1.807, 2.05) is 6.08 Å². The Labute approximate surface area is 185 Å². The first-order valence-electron chi connectivity index (χ1n) is 12.2. The van der Waals surface area contributed by atoms with Gasteiger partial charge in [-0.1, -0.05) is 64.5 Å². The maximum absolute atomic E-state index is 13.4. The lowest BCUT2D eigenvalue weighted by molar-refractivity contribution is -0.134. The molecule has 1 aliphatic heterocycles. The van der Waals surface area contributed by atoms with E-state index in [9.17, 15) is 4.79 Å². The summed E-state index contributed by atoms with van der Waals surface area (Å²) in [4.78, 5) is 16.2. The number of carbonyl (C=O) groups is 1. The van der Waals surface area contributed by atoms with Crippen LogP contribution in [0.15, 0.2) is 36.9 Å². The monoisotopic (exact) mass is 409 g/mol. The number of rotatable bonds is 7. The second-order valence-electron chi connectivity index (χ2n) is 11.2. The summed E-state index contributed by atoms with van der Waals surface area (Å²) in [6, 6.07) is 9.66. The number of fused-ring (bicyclic) bond motifs is 1. The Morgan fingerprint density at radius 3 is 2.47 bits per heavy atom. The summed E-state index contributed by atoms with van der Waals surface area (Å²) in [5.74, 6) is 0.958. The molecular weight excluding hydrogens is 366 g/mol.